The van der Waals surface area contributed by atoms with Crippen LogP contribution in [-0.4, -0.2) is 70.9 Å². The maximum atomic E-state index is 12.7. The standard InChI is InChI=1S/C24H37N5O2/c1-17(2)9-14-29-21(30)8-7-20-18(3)25-23(26-24(20)29)19-10-13-27(15-19)16-22(31)28-11-5-4-6-12-28/h17,19H,4-16H2,1-3H3/t19-/m1/s1. The minimum absolute atomic E-state index is 0.178. The molecule has 0 N–H and O–H groups in total. The summed E-state index contributed by atoms with van der Waals surface area (Å²) >= 11 is 0. The average Bonchev–Trinajstić information content (AvgIpc) is 3.21. The second-order valence-corrected chi connectivity index (χ2v) is 9.86. The van der Waals surface area contributed by atoms with E-state index in [1.165, 1.54) is 6.42 Å². The predicted molar refractivity (Wildman–Crippen MR) is 121 cm³/mol. The van der Waals surface area contributed by atoms with Gasteiger partial charge < -0.3 is 4.90 Å². The molecule has 0 bridgehead atoms. The summed E-state index contributed by atoms with van der Waals surface area (Å²) in [5.74, 6) is 2.88. The summed E-state index contributed by atoms with van der Waals surface area (Å²) in [7, 11) is 0. The molecule has 31 heavy (non-hydrogen) atoms. The van der Waals surface area contributed by atoms with Crippen molar-refractivity contribution in [2.24, 2.45) is 5.92 Å². The summed E-state index contributed by atoms with van der Waals surface area (Å²) in [5, 5.41) is 0. The van der Waals surface area contributed by atoms with Crippen molar-refractivity contribution in [1.29, 1.82) is 0 Å². The van der Waals surface area contributed by atoms with E-state index in [1.54, 1.807) is 0 Å². The van der Waals surface area contributed by atoms with Crippen molar-refractivity contribution in [3.05, 3.63) is 17.1 Å². The molecule has 0 aliphatic carbocycles. The molecular weight excluding hydrogens is 390 g/mol. The third-order valence-corrected chi connectivity index (χ3v) is 6.99. The molecule has 4 heterocycles. The Morgan fingerprint density at radius 2 is 1.87 bits per heavy atom. The van der Waals surface area contributed by atoms with Crippen LogP contribution in [0.3, 0.4) is 0 Å². The van der Waals surface area contributed by atoms with Crippen LogP contribution in [0, 0.1) is 12.8 Å². The summed E-state index contributed by atoms with van der Waals surface area (Å²) in [4.78, 5) is 41.3. The van der Waals surface area contributed by atoms with E-state index in [4.69, 9.17) is 9.97 Å². The van der Waals surface area contributed by atoms with Crippen LogP contribution in [0.15, 0.2) is 0 Å². The van der Waals surface area contributed by atoms with Crippen LogP contribution < -0.4 is 4.90 Å². The Balaban J connectivity index is 1.46. The van der Waals surface area contributed by atoms with Gasteiger partial charge in [-0.2, -0.15) is 0 Å². The summed E-state index contributed by atoms with van der Waals surface area (Å²) in [6.07, 6.45) is 6.71. The zero-order chi connectivity index (χ0) is 22.0. The number of aryl methyl sites for hydroxylation is 1. The zero-order valence-electron chi connectivity index (χ0n) is 19.4. The number of carbonyl (C=O) groups is 2. The highest BCUT2D eigenvalue weighted by Gasteiger charge is 2.32. The normalized spacial score (nSPS) is 22.3. The van der Waals surface area contributed by atoms with Gasteiger partial charge >= 0.3 is 0 Å². The lowest BCUT2D eigenvalue weighted by Gasteiger charge is -2.30. The quantitative estimate of drug-likeness (QED) is 0.698. The zero-order valence-corrected chi connectivity index (χ0v) is 19.4. The van der Waals surface area contributed by atoms with Gasteiger partial charge in [0.25, 0.3) is 0 Å². The number of likely N-dealkylation sites (tertiary alicyclic amines) is 2. The molecule has 3 aliphatic heterocycles. The predicted octanol–water partition coefficient (Wildman–Crippen LogP) is 2.91. The molecule has 2 fully saturated rings. The van der Waals surface area contributed by atoms with E-state index in [-0.39, 0.29) is 17.7 Å². The number of hydrogen-bond acceptors (Lipinski definition) is 5. The first-order valence-electron chi connectivity index (χ1n) is 12.1. The lowest BCUT2D eigenvalue weighted by molar-refractivity contribution is -0.133. The lowest BCUT2D eigenvalue weighted by Crippen LogP contribution is -2.42. The minimum atomic E-state index is 0.178. The highest BCUT2D eigenvalue weighted by molar-refractivity contribution is 5.95. The van der Waals surface area contributed by atoms with Crippen LogP contribution in [0.5, 0.6) is 0 Å². The van der Waals surface area contributed by atoms with Crippen molar-refractivity contribution >= 4 is 17.6 Å². The van der Waals surface area contributed by atoms with Gasteiger partial charge in [-0.25, -0.2) is 9.97 Å². The number of anilines is 1. The van der Waals surface area contributed by atoms with Gasteiger partial charge in [-0.15, -0.1) is 0 Å². The van der Waals surface area contributed by atoms with Crippen LogP contribution in [0.1, 0.15) is 75.4 Å². The Hall–Kier alpha value is -2.02. The molecule has 0 aromatic carbocycles. The number of carbonyl (C=O) groups excluding carboxylic acids is 2. The number of nitrogens with zero attached hydrogens (tertiary/aromatic N) is 5. The Bertz CT molecular complexity index is 818. The molecule has 2 saturated heterocycles. The van der Waals surface area contributed by atoms with Crippen LogP contribution >= 0.6 is 0 Å². The van der Waals surface area contributed by atoms with Crippen molar-refractivity contribution < 1.29 is 9.59 Å². The molecule has 0 radical (unpaired) electrons. The molecule has 4 rings (SSSR count). The number of rotatable bonds is 6. The van der Waals surface area contributed by atoms with E-state index in [9.17, 15) is 9.59 Å². The van der Waals surface area contributed by atoms with E-state index < -0.39 is 0 Å². The van der Waals surface area contributed by atoms with Crippen LogP contribution in [0.4, 0.5) is 5.82 Å². The smallest absolute Gasteiger partial charge is 0.236 e. The molecule has 3 aliphatic rings. The van der Waals surface area contributed by atoms with Gasteiger partial charge in [0, 0.05) is 49.8 Å². The fourth-order valence-corrected chi connectivity index (χ4v) is 5.03. The van der Waals surface area contributed by atoms with Crippen LogP contribution in [0.2, 0.25) is 0 Å². The van der Waals surface area contributed by atoms with E-state index in [0.717, 1.165) is 87.7 Å². The van der Waals surface area contributed by atoms with Gasteiger partial charge in [0.1, 0.15) is 11.6 Å². The second kappa shape index (κ2) is 9.63. The molecular formula is C24H37N5O2. The van der Waals surface area contributed by atoms with E-state index in [2.05, 4.69) is 18.7 Å². The number of hydrogen-bond donors (Lipinski definition) is 0. The molecule has 170 valence electrons. The molecule has 7 heteroatoms. The molecule has 0 saturated carbocycles. The summed E-state index contributed by atoms with van der Waals surface area (Å²) in [6.45, 7) is 11.2. The number of piperidine rings is 1. The van der Waals surface area contributed by atoms with E-state index in [0.29, 0.717) is 18.9 Å². The van der Waals surface area contributed by atoms with Crippen LogP contribution in [-0.2, 0) is 16.0 Å². The largest absolute Gasteiger partial charge is 0.342 e. The second-order valence-electron chi connectivity index (χ2n) is 9.86. The van der Waals surface area contributed by atoms with Gasteiger partial charge in [-0.1, -0.05) is 13.8 Å². The average molecular weight is 428 g/mol. The number of aromatic nitrogens is 2. The van der Waals surface area contributed by atoms with Crippen molar-refractivity contribution in [2.45, 2.75) is 71.6 Å². The summed E-state index contributed by atoms with van der Waals surface area (Å²) in [6, 6.07) is 0. The molecule has 7 nitrogen and oxygen atoms in total. The third-order valence-electron chi connectivity index (χ3n) is 6.99. The Morgan fingerprint density at radius 1 is 1.10 bits per heavy atom. The summed E-state index contributed by atoms with van der Waals surface area (Å²) in [5.41, 5.74) is 2.13. The van der Waals surface area contributed by atoms with Crippen LogP contribution in [0.25, 0.3) is 0 Å². The van der Waals surface area contributed by atoms with Crippen molar-refractivity contribution in [2.75, 3.05) is 44.2 Å². The highest BCUT2D eigenvalue weighted by Crippen LogP contribution is 2.32. The molecule has 1 aromatic rings. The Labute approximate surface area is 186 Å². The van der Waals surface area contributed by atoms with Gasteiger partial charge in [0.05, 0.1) is 6.54 Å². The lowest BCUT2D eigenvalue weighted by atomic mass is 10.0. The first kappa shape index (κ1) is 22.2. The number of fused-ring (bicyclic) bond motifs is 1. The minimum Gasteiger partial charge on any atom is -0.342 e. The van der Waals surface area contributed by atoms with Crippen molar-refractivity contribution in [3.8, 4) is 0 Å². The number of amides is 2. The maximum Gasteiger partial charge on any atom is 0.236 e. The Kier molecular flexibility index (Phi) is 6.89. The van der Waals surface area contributed by atoms with Gasteiger partial charge in [0.2, 0.25) is 11.8 Å². The molecule has 1 atom stereocenters. The molecule has 0 spiro atoms. The van der Waals surface area contributed by atoms with E-state index in [1.807, 2.05) is 16.7 Å². The highest BCUT2D eigenvalue weighted by atomic mass is 16.2. The maximum absolute atomic E-state index is 12.7. The van der Waals surface area contributed by atoms with Crippen molar-refractivity contribution in [3.63, 3.8) is 0 Å². The molecule has 2 amide bonds. The molecule has 0 unspecified atom stereocenters. The fourth-order valence-electron chi connectivity index (χ4n) is 5.03. The summed E-state index contributed by atoms with van der Waals surface area (Å²) < 4.78 is 0. The SMILES string of the molecule is Cc1nc([C@@H]2CCN(CC(=O)N3CCCCC3)C2)nc2c1CCC(=O)N2CCC(C)C. The molecule has 1 aromatic heterocycles. The first-order valence-corrected chi connectivity index (χ1v) is 12.1. The van der Waals surface area contributed by atoms with Gasteiger partial charge in [0.15, 0.2) is 0 Å². The third kappa shape index (κ3) is 5.08. The van der Waals surface area contributed by atoms with Crippen molar-refractivity contribution in [1.82, 2.24) is 19.8 Å². The topological polar surface area (TPSA) is 69.6 Å². The fraction of sp³-hybridized carbons (Fsp3) is 0.750. The van der Waals surface area contributed by atoms with E-state index >= 15 is 0 Å². The monoisotopic (exact) mass is 427 g/mol. The van der Waals surface area contributed by atoms with Gasteiger partial charge in [-0.3, -0.25) is 19.4 Å². The first-order chi connectivity index (χ1) is 14.9. The Morgan fingerprint density at radius 3 is 2.61 bits per heavy atom. The van der Waals surface area contributed by atoms with Gasteiger partial charge in [-0.05, 0) is 57.9 Å².